The Hall–Kier alpha value is -2.12. The molecule has 0 unspecified atom stereocenters. The average Bonchev–Trinajstić information content (AvgIpc) is 3.03. The summed E-state index contributed by atoms with van der Waals surface area (Å²) in [6.45, 7) is 1.47. The van der Waals surface area contributed by atoms with Crippen LogP contribution in [0.25, 0.3) is 0 Å². The quantitative estimate of drug-likeness (QED) is 0.865. The lowest BCUT2D eigenvalue weighted by molar-refractivity contribution is -0.143. The molecule has 2 heterocycles. The smallest absolute Gasteiger partial charge is 0.410 e. The standard InChI is InChI=1S/C17H22N2O5/c1-23-17(22)19-10-13(20)9-14(19)16(21)18-7-8-24-15(11-18)12-5-3-2-4-6-12/h2-6,13-15,20H,7-11H2,1H3/t13-,14-,15-/m0/s1. The number of nitrogens with zero attached hydrogens (tertiary/aromatic N) is 2. The number of carbonyl (C=O) groups excluding carboxylic acids is 2. The largest absolute Gasteiger partial charge is 0.453 e. The number of carbonyl (C=O) groups is 2. The molecule has 7 heteroatoms. The van der Waals surface area contributed by atoms with E-state index >= 15 is 0 Å². The lowest BCUT2D eigenvalue weighted by Crippen LogP contribution is -2.51. The number of morpholine rings is 1. The number of benzene rings is 1. The highest BCUT2D eigenvalue weighted by molar-refractivity contribution is 5.86. The van der Waals surface area contributed by atoms with Crippen molar-refractivity contribution in [2.75, 3.05) is 33.4 Å². The first kappa shape index (κ1) is 16.7. The van der Waals surface area contributed by atoms with Crippen molar-refractivity contribution in [1.82, 2.24) is 9.80 Å². The summed E-state index contributed by atoms with van der Waals surface area (Å²) in [6.07, 6.45) is -1.23. The van der Waals surface area contributed by atoms with Crippen molar-refractivity contribution in [2.24, 2.45) is 0 Å². The fourth-order valence-corrected chi connectivity index (χ4v) is 3.30. The van der Waals surface area contributed by atoms with Gasteiger partial charge in [-0.3, -0.25) is 9.69 Å². The summed E-state index contributed by atoms with van der Waals surface area (Å²) in [7, 11) is 1.27. The van der Waals surface area contributed by atoms with Gasteiger partial charge in [-0.15, -0.1) is 0 Å². The molecule has 0 aliphatic carbocycles. The van der Waals surface area contributed by atoms with Crippen molar-refractivity contribution in [3.8, 4) is 0 Å². The molecule has 2 amide bonds. The van der Waals surface area contributed by atoms with E-state index in [1.807, 2.05) is 30.3 Å². The third kappa shape index (κ3) is 3.37. The van der Waals surface area contributed by atoms with Gasteiger partial charge in [-0.2, -0.15) is 0 Å². The summed E-state index contributed by atoms with van der Waals surface area (Å²) >= 11 is 0. The van der Waals surface area contributed by atoms with Gasteiger partial charge < -0.3 is 19.5 Å². The molecule has 0 saturated carbocycles. The molecule has 130 valence electrons. The van der Waals surface area contributed by atoms with E-state index < -0.39 is 18.2 Å². The fraction of sp³-hybridized carbons (Fsp3) is 0.529. The van der Waals surface area contributed by atoms with Crippen molar-refractivity contribution in [1.29, 1.82) is 0 Å². The molecule has 2 aliphatic heterocycles. The van der Waals surface area contributed by atoms with Gasteiger partial charge in [0.2, 0.25) is 5.91 Å². The van der Waals surface area contributed by atoms with Crippen molar-refractivity contribution in [3.05, 3.63) is 35.9 Å². The molecule has 2 aliphatic rings. The summed E-state index contributed by atoms with van der Waals surface area (Å²) in [6, 6.07) is 9.07. The molecule has 0 aromatic heterocycles. The monoisotopic (exact) mass is 334 g/mol. The zero-order valence-electron chi connectivity index (χ0n) is 13.6. The second-order valence-corrected chi connectivity index (χ2v) is 6.08. The Morgan fingerprint density at radius 2 is 2.00 bits per heavy atom. The second kappa shape index (κ2) is 7.19. The van der Waals surface area contributed by atoms with Crippen LogP contribution in [0, 0.1) is 0 Å². The van der Waals surface area contributed by atoms with Gasteiger partial charge >= 0.3 is 6.09 Å². The number of hydrogen-bond acceptors (Lipinski definition) is 5. The van der Waals surface area contributed by atoms with Crippen molar-refractivity contribution >= 4 is 12.0 Å². The van der Waals surface area contributed by atoms with Crippen LogP contribution in [0.4, 0.5) is 4.79 Å². The van der Waals surface area contributed by atoms with E-state index in [2.05, 4.69) is 0 Å². The van der Waals surface area contributed by atoms with Crippen LogP contribution < -0.4 is 0 Å². The predicted octanol–water partition coefficient (Wildman–Crippen LogP) is 0.788. The zero-order chi connectivity index (χ0) is 17.1. The van der Waals surface area contributed by atoms with Crippen LogP contribution in [-0.4, -0.2) is 72.4 Å². The molecule has 0 bridgehead atoms. The van der Waals surface area contributed by atoms with E-state index in [4.69, 9.17) is 9.47 Å². The number of methoxy groups -OCH3 is 1. The summed E-state index contributed by atoms with van der Waals surface area (Å²) in [5.74, 6) is -0.166. The van der Waals surface area contributed by atoms with Crippen LogP contribution >= 0.6 is 0 Å². The molecule has 0 radical (unpaired) electrons. The zero-order valence-corrected chi connectivity index (χ0v) is 13.6. The highest BCUT2D eigenvalue weighted by Crippen LogP contribution is 2.26. The van der Waals surface area contributed by atoms with Gasteiger partial charge in [0.1, 0.15) is 12.1 Å². The first-order chi connectivity index (χ1) is 11.6. The third-order valence-electron chi connectivity index (χ3n) is 4.52. The molecule has 24 heavy (non-hydrogen) atoms. The van der Waals surface area contributed by atoms with E-state index in [0.29, 0.717) is 19.7 Å². The van der Waals surface area contributed by atoms with Crippen molar-refractivity contribution < 1.29 is 24.2 Å². The minimum absolute atomic E-state index is 0.121. The Kier molecular flexibility index (Phi) is 5.01. The number of amides is 2. The molecule has 1 aromatic rings. The Bertz CT molecular complexity index is 594. The molecule has 1 N–H and O–H groups in total. The minimum atomic E-state index is -0.705. The number of β-amino-alcohol motifs (C(OH)–C–C–N with tert-alkyl or cyclic N) is 1. The topological polar surface area (TPSA) is 79.3 Å². The first-order valence-corrected chi connectivity index (χ1v) is 8.08. The van der Waals surface area contributed by atoms with E-state index in [1.165, 1.54) is 12.0 Å². The van der Waals surface area contributed by atoms with E-state index in [9.17, 15) is 14.7 Å². The molecule has 3 rings (SSSR count). The lowest BCUT2D eigenvalue weighted by atomic mass is 10.1. The van der Waals surface area contributed by atoms with Crippen molar-refractivity contribution in [3.63, 3.8) is 0 Å². The van der Waals surface area contributed by atoms with E-state index in [-0.39, 0.29) is 25.0 Å². The number of hydrogen-bond donors (Lipinski definition) is 1. The second-order valence-electron chi connectivity index (χ2n) is 6.08. The SMILES string of the molecule is COC(=O)N1C[C@@H](O)C[C@H]1C(=O)N1CCO[C@H](c2ccccc2)C1. The number of likely N-dealkylation sites (tertiary alicyclic amines) is 1. The Morgan fingerprint density at radius 3 is 2.71 bits per heavy atom. The third-order valence-corrected chi connectivity index (χ3v) is 4.52. The van der Waals surface area contributed by atoms with E-state index in [0.717, 1.165) is 5.56 Å². The van der Waals surface area contributed by atoms with Crippen LogP contribution in [0.1, 0.15) is 18.1 Å². The maximum atomic E-state index is 12.9. The van der Waals surface area contributed by atoms with Crippen LogP contribution in [0.2, 0.25) is 0 Å². The van der Waals surface area contributed by atoms with Crippen molar-refractivity contribution in [2.45, 2.75) is 24.7 Å². The number of ether oxygens (including phenoxy) is 2. The minimum Gasteiger partial charge on any atom is -0.453 e. The molecule has 3 atom stereocenters. The maximum absolute atomic E-state index is 12.9. The lowest BCUT2D eigenvalue weighted by Gasteiger charge is -2.36. The Labute approximate surface area is 140 Å². The Morgan fingerprint density at radius 1 is 1.25 bits per heavy atom. The first-order valence-electron chi connectivity index (χ1n) is 8.08. The molecule has 2 saturated heterocycles. The molecule has 1 aromatic carbocycles. The molecular weight excluding hydrogens is 312 g/mol. The van der Waals surface area contributed by atoms with Gasteiger partial charge in [0, 0.05) is 13.0 Å². The highest BCUT2D eigenvalue weighted by atomic mass is 16.5. The molecule has 7 nitrogen and oxygen atoms in total. The van der Waals surface area contributed by atoms with Crippen LogP contribution in [0.3, 0.4) is 0 Å². The van der Waals surface area contributed by atoms with E-state index in [1.54, 1.807) is 4.90 Å². The normalized spacial score (nSPS) is 27.2. The number of aliphatic hydroxyl groups excluding tert-OH is 1. The van der Waals surface area contributed by atoms with Crippen LogP contribution in [-0.2, 0) is 14.3 Å². The van der Waals surface area contributed by atoms with Gasteiger partial charge in [0.05, 0.1) is 32.9 Å². The van der Waals surface area contributed by atoms with Crippen LogP contribution in [0.15, 0.2) is 30.3 Å². The summed E-state index contributed by atoms with van der Waals surface area (Å²) in [4.78, 5) is 27.7. The maximum Gasteiger partial charge on any atom is 0.410 e. The van der Waals surface area contributed by atoms with Gasteiger partial charge in [-0.1, -0.05) is 30.3 Å². The summed E-state index contributed by atoms with van der Waals surface area (Å²) in [5, 5.41) is 9.85. The number of aliphatic hydroxyl groups is 1. The number of rotatable bonds is 2. The highest BCUT2D eigenvalue weighted by Gasteiger charge is 2.42. The van der Waals surface area contributed by atoms with Gasteiger partial charge in [0.15, 0.2) is 0 Å². The summed E-state index contributed by atoms with van der Waals surface area (Å²) in [5.41, 5.74) is 1.02. The predicted molar refractivity (Wildman–Crippen MR) is 85.2 cm³/mol. The average molecular weight is 334 g/mol. The van der Waals surface area contributed by atoms with Gasteiger partial charge in [-0.05, 0) is 5.56 Å². The summed E-state index contributed by atoms with van der Waals surface area (Å²) < 4.78 is 10.5. The molecule has 0 spiro atoms. The fourth-order valence-electron chi connectivity index (χ4n) is 3.30. The van der Waals surface area contributed by atoms with Gasteiger partial charge in [0.25, 0.3) is 0 Å². The Balaban J connectivity index is 1.71. The van der Waals surface area contributed by atoms with Crippen LogP contribution in [0.5, 0.6) is 0 Å². The van der Waals surface area contributed by atoms with Gasteiger partial charge in [-0.25, -0.2) is 4.79 Å². The molecular formula is C17H22N2O5. The molecule has 2 fully saturated rings.